The monoisotopic (exact) mass is 369 g/mol. The molecule has 0 unspecified atom stereocenters. The molecule has 0 fully saturated rings. The predicted molar refractivity (Wildman–Crippen MR) is 102 cm³/mol. The molecule has 7 heteroatoms. The van der Waals surface area contributed by atoms with Crippen LogP contribution < -0.4 is 15.6 Å². The average molecular weight is 369 g/mol. The van der Waals surface area contributed by atoms with E-state index in [1.54, 1.807) is 7.11 Å². The van der Waals surface area contributed by atoms with E-state index < -0.39 is 0 Å². The number of nitrogens with one attached hydrogen (secondary N) is 1. The summed E-state index contributed by atoms with van der Waals surface area (Å²) in [4.78, 5) is 29.4. The number of benzene rings is 1. The summed E-state index contributed by atoms with van der Waals surface area (Å²) < 4.78 is 6.48. The van der Waals surface area contributed by atoms with Gasteiger partial charge in [0, 0.05) is 12.6 Å². The topological polar surface area (TPSA) is 73.2 Å². The van der Waals surface area contributed by atoms with E-state index in [1.165, 1.54) is 28.3 Å². The summed E-state index contributed by atoms with van der Waals surface area (Å²) in [5.41, 5.74) is 1.45. The Labute approximate surface area is 155 Å². The number of hydrogen-bond acceptors (Lipinski definition) is 5. The molecule has 134 valence electrons. The normalized spacial score (nSPS) is 10.5. The van der Waals surface area contributed by atoms with E-state index >= 15 is 0 Å². The van der Waals surface area contributed by atoms with Gasteiger partial charge in [0.05, 0.1) is 24.0 Å². The van der Waals surface area contributed by atoms with Crippen LogP contribution in [0.4, 0.5) is 0 Å². The highest BCUT2D eigenvalue weighted by Crippen LogP contribution is 2.20. The summed E-state index contributed by atoms with van der Waals surface area (Å²) in [5.74, 6) is 0.568. The van der Waals surface area contributed by atoms with Crippen LogP contribution in [0.25, 0.3) is 10.6 Å². The molecule has 3 aromatic rings. The first-order valence-corrected chi connectivity index (χ1v) is 9.03. The predicted octanol–water partition coefficient (Wildman–Crippen LogP) is 2.34. The molecule has 0 aliphatic heterocycles. The maximum atomic E-state index is 12.2. The first-order chi connectivity index (χ1) is 12.7. The second kappa shape index (κ2) is 8.44. The zero-order chi connectivity index (χ0) is 18.4. The van der Waals surface area contributed by atoms with E-state index in [0.29, 0.717) is 18.7 Å². The Morgan fingerprint density at radius 1 is 1.27 bits per heavy atom. The fraction of sp³-hybridized carbons (Fsp3) is 0.211. The Morgan fingerprint density at radius 3 is 2.88 bits per heavy atom. The van der Waals surface area contributed by atoms with Gasteiger partial charge >= 0.3 is 0 Å². The smallest absolute Gasteiger partial charge is 0.254 e. The molecule has 2 aromatic heterocycles. The SMILES string of the molecule is COc1cccc(CCNC(=O)Cn2cnc(-c3cccs3)cc2=O)c1. The van der Waals surface area contributed by atoms with Gasteiger partial charge in [-0.15, -0.1) is 11.3 Å². The van der Waals surface area contributed by atoms with Crippen LogP contribution in [-0.4, -0.2) is 29.1 Å². The summed E-state index contributed by atoms with van der Waals surface area (Å²) in [6.45, 7) is 0.441. The van der Waals surface area contributed by atoms with Crippen molar-refractivity contribution in [1.82, 2.24) is 14.9 Å². The highest BCUT2D eigenvalue weighted by Gasteiger charge is 2.07. The molecule has 1 N–H and O–H groups in total. The van der Waals surface area contributed by atoms with Crippen molar-refractivity contribution in [3.05, 3.63) is 70.1 Å². The number of carbonyl (C=O) groups is 1. The van der Waals surface area contributed by atoms with Gasteiger partial charge in [0.15, 0.2) is 0 Å². The van der Waals surface area contributed by atoms with Crippen molar-refractivity contribution in [2.24, 2.45) is 0 Å². The number of carbonyl (C=O) groups excluding carboxylic acids is 1. The number of ether oxygens (including phenoxy) is 1. The highest BCUT2D eigenvalue weighted by molar-refractivity contribution is 7.13. The maximum absolute atomic E-state index is 12.2. The lowest BCUT2D eigenvalue weighted by atomic mass is 10.1. The highest BCUT2D eigenvalue weighted by atomic mass is 32.1. The van der Waals surface area contributed by atoms with Crippen LogP contribution in [-0.2, 0) is 17.8 Å². The molecule has 3 rings (SSSR count). The number of thiophene rings is 1. The Morgan fingerprint density at radius 2 is 2.15 bits per heavy atom. The standard InChI is InChI=1S/C19H19N3O3S/c1-25-15-5-2-4-14(10-15)7-8-20-18(23)12-22-13-21-16(11-19(22)24)17-6-3-9-26-17/h2-6,9-11,13H,7-8,12H2,1H3,(H,20,23). The number of aromatic nitrogens is 2. The lowest BCUT2D eigenvalue weighted by Gasteiger charge is -2.08. The third-order valence-corrected chi connectivity index (χ3v) is 4.73. The molecule has 0 saturated heterocycles. The van der Waals surface area contributed by atoms with Crippen LogP contribution >= 0.6 is 11.3 Å². The number of nitrogens with zero attached hydrogens (tertiary/aromatic N) is 2. The molecule has 0 saturated carbocycles. The van der Waals surface area contributed by atoms with Crippen LogP contribution in [0.2, 0.25) is 0 Å². The molecule has 2 heterocycles. The van der Waals surface area contributed by atoms with E-state index in [1.807, 2.05) is 41.8 Å². The van der Waals surface area contributed by atoms with Gasteiger partial charge in [-0.05, 0) is 35.6 Å². The van der Waals surface area contributed by atoms with Gasteiger partial charge < -0.3 is 10.1 Å². The molecule has 1 amide bonds. The minimum atomic E-state index is -0.244. The zero-order valence-corrected chi connectivity index (χ0v) is 15.2. The third kappa shape index (κ3) is 4.58. The fourth-order valence-corrected chi connectivity index (χ4v) is 3.18. The van der Waals surface area contributed by atoms with E-state index in [4.69, 9.17) is 4.74 Å². The Balaban J connectivity index is 1.54. The quantitative estimate of drug-likeness (QED) is 0.694. The zero-order valence-electron chi connectivity index (χ0n) is 14.3. The van der Waals surface area contributed by atoms with Crippen LogP contribution in [0.15, 0.2) is 59.0 Å². The molecule has 0 atom stereocenters. The van der Waals surface area contributed by atoms with Gasteiger partial charge in [0.2, 0.25) is 5.91 Å². The third-order valence-electron chi connectivity index (χ3n) is 3.84. The summed E-state index contributed by atoms with van der Waals surface area (Å²) in [6.07, 6.45) is 2.10. The van der Waals surface area contributed by atoms with Crippen molar-refractivity contribution in [3.8, 4) is 16.3 Å². The second-order valence-corrected chi connectivity index (χ2v) is 6.62. The van der Waals surface area contributed by atoms with Crippen LogP contribution in [0.5, 0.6) is 5.75 Å². The minimum absolute atomic E-state index is 0.0470. The lowest BCUT2D eigenvalue weighted by molar-refractivity contribution is -0.121. The van der Waals surface area contributed by atoms with Gasteiger partial charge in [-0.25, -0.2) is 4.98 Å². The molecule has 0 radical (unpaired) electrons. The Kier molecular flexibility index (Phi) is 5.80. The van der Waals surface area contributed by atoms with Crippen LogP contribution in [0.1, 0.15) is 5.56 Å². The molecule has 26 heavy (non-hydrogen) atoms. The van der Waals surface area contributed by atoms with E-state index in [9.17, 15) is 9.59 Å². The van der Waals surface area contributed by atoms with Crippen molar-refractivity contribution in [3.63, 3.8) is 0 Å². The van der Waals surface area contributed by atoms with E-state index in [-0.39, 0.29) is 18.0 Å². The average Bonchev–Trinajstić information content (AvgIpc) is 3.18. The van der Waals surface area contributed by atoms with Gasteiger partial charge in [0.25, 0.3) is 5.56 Å². The molecule has 0 spiro atoms. The van der Waals surface area contributed by atoms with Crippen molar-refractivity contribution in [2.45, 2.75) is 13.0 Å². The summed E-state index contributed by atoms with van der Waals surface area (Å²) in [7, 11) is 1.62. The molecule has 1 aromatic carbocycles. The van der Waals surface area contributed by atoms with Crippen molar-refractivity contribution in [1.29, 1.82) is 0 Å². The molecular formula is C19H19N3O3S. The number of hydrogen-bond donors (Lipinski definition) is 1. The molecular weight excluding hydrogens is 350 g/mol. The summed E-state index contributed by atoms with van der Waals surface area (Å²) >= 11 is 1.52. The first kappa shape index (κ1) is 17.9. The maximum Gasteiger partial charge on any atom is 0.254 e. The summed E-state index contributed by atoms with van der Waals surface area (Å²) in [6, 6.07) is 13.0. The molecule has 0 aliphatic carbocycles. The minimum Gasteiger partial charge on any atom is -0.497 e. The van der Waals surface area contributed by atoms with Gasteiger partial charge in [-0.2, -0.15) is 0 Å². The van der Waals surface area contributed by atoms with Crippen LogP contribution in [0.3, 0.4) is 0 Å². The van der Waals surface area contributed by atoms with Gasteiger partial charge in [0.1, 0.15) is 12.3 Å². The molecule has 0 bridgehead atoms. The Hall–Kier alpha value is -2.93. The van der Waals surface area contributed by atoms with Crippen molar-refractivity contribution < 1.29 is 9.53 Å². The molecule has 0 aliphatic rings. The Bertz CT molecular complexity index is 935. The summed E-state index contributed by atoms with van der Waals surface area (Å²) in [5, 5.41) is 4.75. The van der Waals surface area contributed by atoms with Crippen molar-refractivity contribution >= 4 is 17.2 Å². The van der Waals surface area contributed by atoms with Gasteiger partial charge in [-0.1, -0.05) is 18.2 Å². The number of methoxy groups -OCH3 is 1. The van der Waals surface area contributed by atoms with E-state index in [0.717, 1.165) is 16.2 Å². The van der Waals surface area contributed by atoms with E-state index in [2.05, 4.69) is 10.3 Å². The van der Waals surface area contributed by atoms with Crippen LogP contribution in [0, 0.1) is 0 Å². The van der Waals surface area contributed by atoms with Gasteiger partial charge in [-0.3, -0.25) is 14.2 Å². The largest absolute Gasteiger partial charge is 0.497 e. The first-order valence-electron chi connectivity index (χ1n) is 8.16. The van der Waals surface area contributed by atoms with Crippen molar-refractivity contribution in [2.75, 3.05) is 13.7 Å². The number of amides is 1. The molecule has 6 nitrogen and oxygen atoms in total. The number of rotatable bonds is 7. The fourth-order valence-electron chi connectivity index (χ4n) is 2.49. The lowest BCUT2D eigenvalue weighted by Crippen LogP contribution is -2.33. The second-order valence-electron chi connectivity index (χ2n) is 5.67.